The first kappa shape index (κ1) is 13.9. The molecule has 0 saturated carbocycles. The van der Waals surface area contributed by atoms with Gasteiger partial charge in [-0.05, 0) is 31.5 Å². The molecule has 2 N–H and O–H groups in total. The molecule has 1 aliphatic heterocycles. The summed E-state index contributed by atoms with van der Waals surface area (Å²) in [6.45, 7) is 3.93. The molecule has 4 nitrogen and oxygen atoms in total. The summed E-state index contributed by atoms with van der Waals surface area (Å²) < 4.78 is 0. The van der Waals surface area contributed by atoms with Crippen LogP contribution in [0.25, 0.3) is 0 Å². The maximum atomic E-state index is 11.7. The average Bonchev–Trinajstić information content (AvgIpc) is 2.38. The highest BCUT2D eigenvalue weighted by atomic mass is 32.2. The van der Waals surface area contributed by atoms with E-state index in [1.165, 1.54) is 11.8 Å². The maximum absolute atomic E-state index is 11.7. The standard InChI is InChI=1S/C14H18N2O2S/c1-3-4-5-13(17)15-10-6-7-12-11(8-10)16-14(18)9(2)19-12/h6-9H,3-5H2,1-2H3,(H,15,17)(H,16,18). The Balaban J connectivity index is 2.07. The summed E-state index contributed by atoms with van der Waals surface area (Å²) in [5.74, 6) is 0.0249. The first-order valence-corrected chi connectivity index (χ1v) is 7.39. The lowest BCUT2D eigenvalue weighted by Crippen LogP contribution is -2.26. The summed E-state index contributed by atoms with van der Waals surface area (Å²) in [7, 11) is 0. The zero-order valence-corrected chi connectivity index (χ0v) is 12.0. The second-order valence-corrected chi connectivity index (χ2v) is 5.99. The van der Waals surface area contributed by atoms with E-state index >= 15 is 0 Å². The van der Waals surface area contributed by atoms with Crippen molar-refractivity contribution in [1.82, 2.24) is 0 Å². The molecule has 2 amide bonds. The van der Waals surface area contributed by atoms with Crippen LogP contribution in [0, 0.1) is 0 Å². The van der Waals surface area contributed by atoms with Crippen molar-refractivity contribution in [3.8, 4) is 0 Å². The molecule has 102 valence electrons. The molecule has 2 rings (SSSR count). The summed E-state index contributed by atoms with van der Waals surface area (Å²) in [5.41, 5.74) is 1.51. The van der Waals surface area contributed by atoms with Crippen LogP contribution in [0.3, 0.4) is 0 Å². The van der Waals surface area contributed by atoms with E-state index in [9.17, 15) is 9.59 Å². The molecule has 1 unspecified atom stereocenters. The molecule has 0 bridgehead atoms. The summed E-state index contributed by atoms with van der Waals surface area (Å²) in [4.78, 5) is 24.3. The van der Waals surface area contributed by atoms with Crippen molar-refractivity contribution in [2.75, 3.05) is 10.6 Å². The number of anilines is 2. The zero-order chi connectivity index (χ0) is 13.8. The second kappa shape index (κ2) is 6.10. The highest BCUT2D eigenvalue weighted by Crippen LogP contribution is 2.36. The van der Waals surface area contributed by atoms with Gasteiger partial charge in [-0.1, -0.05) is 13.3 Å². The molecule has 0 spiro atoms. The van der Waals surface area contributed by atoms with Crippen molar-refractivity contribution < 1.29 is 9.59 Å². The number of carbonyl (C=O) groups is 2. The highest BCUT2D eigenvalue weighted by molar-refractivity contribution is 8.00. The molecule has 0 aromatic heterocycles. The Labute approximate surface area is 117 Å². The van der Waals surface area contributed by atoms with Gasteiger partial charge in [0.2, 0.25) is 11.8 Å². The van der Waals surface area contributed by atoms with E-state index in [-0.39, 0.29) is 17.1 Å². The highest BCUT2D eigenvalue weighted by Gasteiger charge is 2.23. The number of unbranched alkanes of at least 4 members (excludes halogenated alkanes) is 1. The smallest absolute Gasteiger partial charge is 0.237 e. The van der Waals surface area contributed by atoms with E-state index in [1.807, 2.05) is 25.1 Å². The van der Waals surface area contributed by atoms with E-state index in [1.54, 1.807) is 0 Å². The number of amides is 2. The second-order valence-electron chi connectivity index (χ2n) is 4.61. The van der Waals surface area contributed by atoms with Crippen molar-refractivity contribution in [1.29, 1.82) is 0 Å². The lowest BCUT2D eigenvalue weighted by Gasteiger charge is -2.21. The van der Waals surface area contributed by atoms with Gasteiger partial charge in [0.05, 0.1) is 10.9 Å². The number of hydrogen-bond donors (Lipinski definition) is 2. The summed E-state index contributed by atoms with van der Waals surface area (Å²) in [6, 6.07) is 5.63. The quantitative estimate of drug-likeness (QED) is 0.889. The van der Waals surface area contributed by atoms with Crippen molar-refractivity contribution in [2.24, 2.45) is 0 Å². The first-order valence-electron chi connectivity index (χ1n) is 6.51. The number of fused-ring (bicyclic) bond motifs is 1. The van der Waals surface area contributed by atoms with Gasteiger partial charge >= 0.3 is 0 Å². The van der Waals surface area contributed by atoms with Gasteiger partial charge < -0.3 is 10.6 Å². The summed E-state index contributed by atoms with van der Waals surface area (Å²) >= 11 is 1.54. The van der Waals surface area contributed by atoms with E-state index in [0.717, 1.165) is 29.1 Å². The monoisotopic (exact) mass is 278 g/mol. The number of nitrogens with one attached hydrogen (secondary N) is 2. The molecule has 1 aliphatic rings. The Morgan fingerprint density at radius 1 is 1.47 bits per heavy atom. The minimum atomic E-state index is -0.0718. The average molecular weight is 278 g/mol. The SMILES string of the molecule is CCCCC(=O)Nc1ccc2c(c1)NC(=O)C(C)S2. The number of carbonyl (C=O) groups excluding carboxylic acids is 2. The Bertz CT molecular complexity index is 502. The van der Waals surface area contributed by atoms with Crippen LogP contribution in [0.4, 0.5) is 11.4 Å². The molecule has 0 radical (unpaired) electrons. The lowest BCUT2D eigenvalue weighted by atomic mass is 10.2. The van der Waals surface area contributed by atoms with Gasteiger partial charge in [0.25, 0.3) is 0 Å². The molecular formula is C14H18N2O2S. The first-order chi connectivity index (χ1) is 9.10. The molecule has 19 heavy (non-hydrogen) atoms. The largest absolute Gasteiger partial charge is 0.326 e. The molecule has 1 aromatic rings. The van der Waals surface area contributed by atoms with Crippen molar-refractivity contribution in [3.05, 3.63) is 18.2 Å². The van der Waals surface area contributed by atoms with Crippen LogP contribution in [0.5, 0.6) is 0 Å². The van der Waals surface area contributed by atoms with Gasteiger partial charge in [0.1, 0.15) is 0 Å². The van der Waals surface area contributed by atoms with Crippen LogP contribution in [0.2, 0.25) is 0 Å². The molecule has 1 aromatic carbocycles. The van der Waals surface area contributed by atoms with Crippen LogP contribution in [0.15, 0.2) is 23.1 Å². The maximum Gasteiger partial charge on any atom is 0.237 e. The number of thioether (sulfide) groups is 1. The van der Waals surface area contributed by atoms with Crippen LogP contribution < -0.4 is 10.6 Å². The van der Waals surface area contributed by atoms with Crippen molar-refractivity contribution in [2.45, 2.75) is 43.3 Å². The number of hydrogen-bond acceptors (Lipinski definition) is 3. The third-order valence-corrected chi connectivity index (χ3v) is 4.13. The Morgan fingerprint density at radius 2 is 2.26 bits per heavy atom. The van der Waals surface area contributed by atoms with E-state index in [2.05, 4.69) is 17.6 Å². The minimum Gasteiger partial charge on any atom is -0.326 e. The molecular weight excluding hydrogens is 260 g/mol. The number of benzene rings is 1. The topological polar surface area (TPSA) is 58.2 Å². The lowest BCUT2D eigenvalue weighted by molar-refractivity contribution is -0.116. The van der Waals surface area contributed by atoms with Gasteiger partial charge in [-0.2, -0.15) is 0 Å². The predicted octanol–water partition coefficient (Wildman–Crippen LogP) is 3.25. The van der Waals surface area contributed by atoms with Crippen LogP contribution in [0.1, 0.15) is 33.1 Å². The molecule has 1 atom stereocenters. The zero-order valence-electron chi connectivity index (χ0n) is 11.2. The van der Waals surface area contributed by atoms with Gasteiger partial charge in [0, 0.05) is 17.0 Å². The minimum absolute atomic E-state index is 0.00644. The fraction of sp³-hybridized carbons (Fsp3) is 0.429. The Kier molecular flexibility index (Phi) is 4.47. The Hall–Kier alpha value is -1.49. The molecule has 5 heteroatoms. The van der Waals surface area contributed by atoms with Crippen LogP contribution in [-0.2, 0) is 9.59 Å². The van der Waals surface area contributed by atoms with E-state index in [4.69, 9.17) is 0 Å². The molecule has 0 fully saturated rings. The van der Waals surface area contributed by atoms with Crippen LogP contribution in [-0.4, -0.2) is 17.1 Å². The summed E-state index contributed by atoms with van der Waals surface area (Å²) in [6.07, 6.45) is 2.43. The van der Waals surface area contributed by atoms with Gasteiger partial charge in [-0.15, -0.1) is 11.8 Å². The number of rotatable bonds is 4. The molecule has 1 heterocycles. The predicted molar refractivity (Wildman–Crippen MR) is 78.5 cm³/mol. The van der Waals surface area contributed by atoms with Crippen molar-refractivity contribution in [3.63, 3.8) is 0 Å². The third-order valence-electron chi connectivity index (χ3n) is 2.95. The molecule has 0 aliphatic carbocycles. The molecule has 0 saturated heterocycles. The fourth-order valence-corrected chi connectivity index (χ4v) is 2.78. The fourth-order valence-electron chi connectivity index (χ4n) is 1.85. The third kappa shape index (κ3) is 3.50. The van der Waals surface area contributed by atoms with Gasteiger partial charge in [0.15, 0.2) is 0 Å². The van der Waals surface area contributed by atoms with Crippen LogP contribution >= 0.6 is 11.8 Å². The van der Waals surface area contributed by atoms with E-state index in [0.29, 0.717) is 6.42 Å². The summed E-state index contributed by atoms with van der Waals surface area (Å²) in [5, 5.41) is 5.64. The van der Waals surface area contributed by atoms with Gasteiger partial charge in [-0.3, -0.25) is 9.59 Å². The normalized spacial score (nSPS) is 17.6. The van der Waals surface area contributed by atoms with E-state index < -0.39 is 0 Å². The van der Waals surface area contributed by atoms with Crippen molar-refractivity contribution >= 4 is 35.0 Å². The Morgan fingerprint density at radius 3 is 3.00 bits per heavy atom. The van der Waals surface area contributed by atoms with Gasteiger partial charge in [-0.25, -0.2) is 0 Å².